The van der Waals surface area contributed by atoms with Crippen molar-refractivity contribution in [2.45, 2.75) is 26.2 Å². The van der Waals surface area contributed by atoms with E-state index in [1.165, 1.54) is 16.7 Å². The molecule has 0 saturated carbocycles. The fourth-order valence-electron chi connectivity index (χ4n) is 3.14. The summed E-state index contributed by atoms with van der Waals surface area (Å²) in [5.74, 6) is 0.693. The first kappa shape index (κ1) is 17.2. The second-order valence-corrected chi connectivity index (χ2v) is 7.72. The first-order valence-electron chi connectivity index (χ1n) is 9.11. The van der Waals surface area contributed by atoms with Crippen molar-refractivity contribution in [3.63, 3.8) is 0 Å². The van der Waals surface area contributed by atoms with Crippen LogP contribution in [-0.2, 0) is 5.41 Å². The van der Waals surface area contributed by atoms with Crippen molar-refractivity contribution < 1.29 is 4.52 Å². The highest BCUT2D eigenvalue weighted by molar-refractivity contribution is 5.77. The van der Waals surface area contributed by atoms with Gasteiger partial charge in [0.2, 0.25) is 0 Å². The number of rotatable bonds is 3. The third kappa shape index (κ3) is 3.54. The van der Waals surface area contributed by atoms with Crippen LogP contribution >= 0.6 is 0 Å². The van der Waals surface area contributed by atoms with Crippen LogP contribution in [0.2, 0.25) is 0 Å². The maximum Gasteiger partial charge on any atom is 0.195 e. The van der Waals surface area contributed by atoms with Gasteiger partial charge in [-0.3, -0.25) is 0 Å². The van der Waals surface area contributed by atoms with E-state index >= 15 is 0 Å². The minimum atomic E-state index is 0.122. The van der Waals surface area contributed by atoms with Gasteiger partial charge in [0.05, 0.1) is 0 Å². The van der Waals surface area contributed by atoms with Gasteiger partial charge in [-0.2, -0.15) is 0 Å². The van der Waals surface area contributed by atoms with Crippen LogP contribution in [0.5, 0.6) is 0 Å². The molecule has 4 rings (SSSR count). The van der Waals surface area contributed by atoms with Crippen LogP contribution in [0.4, 0.5) is 0 Å². The van der Waals surface area contributed by atoms with Crippen molar-refractivity contribution in [2.75, 3.05) is 0 Å². The van der Waals surface area contributed by atoms with Crippen LogP contribution in [0.15, 0.2) is 83.4 Å². The lowest BCUT2D eigenvalue weighted by Crippen LogP contribution is -2.10. The van der Waals surface area contributed by atoms with Crippen LogP contribution in [-0.4, -0.2) is 10.4 Å². The van der Waals surface area contributed by atoms with Crippen molar-refractivity contribution in [1.29, 1.82) is 0 Å². The van der Waals surface area contributed by atoms with E-state index in [2.05, 4.69) is 91.8 Å². The molecule has 4 aromatic rings. The fourth-order valence-corrected chi connectivity index (χ4v) is 3.14. The number of aromatic nitrogens is 2. The zero-order valence-electron chi connectivity index (χ0n) is 15.8. The second-order valence-electron chi connectivity index (χ2n) is 7.72. The molecule has 0 aliphatic carbocycles. The van der Waals surface area contributed by atoms with Crippen molar-refractivity contribution in [3.05, 3.63) is 84.4 Å². The molecule has 0 unspecified atom stereocenters. The monoisotopic (exact) mass is 354 g/mol. The Hall–Kier alpha value is -3.20. The summed E-state index contributed by atoms with van der Waals surface area (Å²) < 4.78 is 5.49. The van der Waals surface area contributed by atoms with E-state index in [0.717, 1.165) is 16.8 Å². The van der Waals surface area contributed by atoms with Gasteiger partial charge >= 0.3 is 0 Å². The first-order valence-corrected chi connectivity index (χ1v) is 9.11. The number of hydrogen-bond acceptors (Lipinski definition) is 3. The summed E-state index contributed by atoms with van der Waals surface area (Å²) in [4.78, 5) is 0. The summed E-state index contributed by atoms with van der Waals surface area (Å²) >= 11 is 0. The van der Waals surface area contributed by atoms with Crippen molar-refractivity contribution >= 4 is 0 Å². The molecule has 0 N–H and O–H groups in total. The molecule has 0 radical (unpaired) electrons. The average Bonchev–Trinajstić information content (AvgIpc) is 3.18. The van der Waals surface area contributed by atoms with E-state index in [9.17, 15) is 0 Å². The van der Waals surface area contributed by atoms with E-state index in [-0.39, 0.29) is 5.41 Å². The standard InChI is InChI=1S/C24H22N2O/c1-24(2,3)21-15-13-19(14-16-21)22-23(27-26-25-22)20-11-9-18(10-12-20)17-7-5-4-6-8-17/h4-16H,1-3H3. The number of nitrogens with zero attached hydrogens (tertiary/aromatic N) is 2. The van der Waals surface area contributed by atoms with Gasteiger partial charge in [-0.25, -0.2) is 0 Å². The van der Waals surface area contributed by atoms with Crippen LogP contribution < -0.4 is 0 Å². The third-order valence-electron chi connectivity index (χ3n) is 4.77. The van der Waals surface area contributed by atoms with Crippen LogP contribution in [0.25, 0.3) is 33.7 Å². The molecule has 3 heteroatoms. The predicted octanol–water partition coefficient (Wildman–Crippen LogP) is 6.37. The topological polar surface area (TPSA) is 38.9 Å². The Balaban J connectivity index is 1.66. The largest absolute Gasteiger partial charge is 0.336 e. The van der Waals surface area contributed by atoms with Gasteiger partial charge in [-0.1, -0.05) is 99.6 Å². The molecule has 0 bridgehead atoms. The Morgan fingerprint density at radius 3 is 1.81 bits per heavy atom. The molecule has 0 spiro atoms. The number of benzene rings is 3. The molecule has 0 saturated heterocycles. The predicted molar refractivity (Wildman–Crippen MR) is 109 cm³/mol. The highest BCUT2D eigenvalue weighted by Gasteiger charge is 2.17. The fraction of sp³-hybridized carbons (Fsp3) is 0.167. The van der Waals surface area contributed by atoms with Gasteiger partial charge < -0.3 is 4.52 Å². The van der Waals surface area contributed by atoms with Gasteiger partial charge in [0.25, 0.3) is 0 Å². The quantitative estimate of drug-likeness (QED) is 0.429. The molecule has 3 nitrogen and oxygen atoms in total. The molecular weight excluding hydrogens is 332 g/mol. The maximum atomic E-state index is 5.49. The van der Waals surface area contributed by atoms with Gasteiger partial charge in [0.15, 0.2) is 5.76 Å². The van der Waals surface area contributed by atoms with E-state index < -0.39 is 0 Å². The van der Waals surface area contributed by atoms with Crippen molar-refractivity contribution in [1.82, 2.24) is 10.4 Å². The summed E-state index contributed by atoms with van der Waals surface area (Å²) in [6.45, 7) is 6.62. The van der Waals surface area contributed by atoms with Crippen molar-refractivity contribution in [3.8, 4) is 33.7 Å². The minimum absolute atomic E-state index is 0.122. The second kappa shape index (κ2) is 6.84. The van der Waals surface area contributed by atoms with E-state index in [1.54, 1.807) is 0 Å². The Labute approximate surface area is 159 Å². The average molecular weight is 354 g/mol. The lowest BCUT2D eigenvalue weighted by Gasteiger charge is -2.18. The van der Waals surface area contributed by atoms with Gasteiger partial charge in [-0.15, -0.1) is 5.10 Å². The Morgan fingerprint density at radius 1 is 0.630 bits per heavy atom. The molecule has 0 atom stereocenters. The van der Waals surface area contributed by atoms with Crippen LogP contribution in [0.3, 0.4) is 0 Å². The summed E-state index contributed by atoms with van der Waals surface area (Å²) in [6, 6.07) is 27.1. The highest BCUT2D eigenvalue weighted by atomic mass is 16.5. The molecule has 0 amide bonds. The van der Waals surface area contributed by atoms with Gasteiger partial charge in [0.1, 0.15) is 5.69 Å². The van der Waals surface area contributed by atoms with Gasteiger partial charge in [-0.05, 0) is 22.1 Å². The Bertz CT molecular complexity index is 1020. The molecule has 1 heterocycles. The molecular formula is C24H22N2O. The smallest absolute Gasteiger partial charge is 0.195 e. The molecule has 0 fully saturated rings. The van der Waals surface area contributed by atoms with Crippen LogP contribution in [0, 0.1) is 0 Å². The maximum absolute atomic E-state index is 5.49. The summed E-state index contributed by atoms with van der Waals surface area (Å²) in [7, 11) is 0. The van der Waals surface area contributed by atoms with E-state index in [0.29, 0.717) is 5.76 Å². The van der Waals surface area contributed by atoms with Gasteiger partial charge in [0, 0.05) is 16.4 Å². The molecule has 1 aromatic heterocycles. The summed E-state index contributed by atoms with van der Waals surface area (Å²) in [6.07, 6.45) is 0. The zero-order valence-corrected chi connectivity index (χ0v) is 15.8. The lowest BCUT2D eigenvalue weighted by atomic mass is 9.86. The normalized spacial score (nSPS) is 11.5. The minimum Gasteiger partial charge on any atom is -0.336 e. The SMILES string of the molecule is CC(C)(C)c1ccc(-c2nnoc2-c2ccc(-c3ccccc3)cc2)cc1. The molecule has 0 aliphatic heterocycles. The first-order chi connectivity index (χ1) is 13.0. The Morgan fingerprint density at radius 2 is 1.19 bits per heavy atom. The third-order valence-corrected chi connectivity index (χ3v) is 4.77. The van der Waals surface area contributed by atoms with E-state index in [4.69, 9.17) is 4.52 Å². The number of hydrogen-bond donors (Lipinski definition) is 0. The summed E-state index contributed by atoms with van der Waals surface area (Å²) in [5.41, 5.74) is 6.51. The van der Waals surface area contributed by atoms with Crippen molar-refractivity contribution in [2.24, 2.45) is 0 Å². The van der Waals surface area contributed by atoms with Crippen LogP contribution in [0.1, 0.15) is 26.3 Å². The molecule has 27 heavy (non-hydrogen) atoms. The Kier molecular flexibility index (Phi) is 4.36. The molecule has 0 aliphatic rings. The molecule has 134 valence electrons. The zero-order chi connectivity index (χ0) is 18.9. The lowest BCUT2D eigenvalue weighted by molar-refractivity contribution is 0.403. The highest BCUT2D eigenvalue weighted by Crippen LogP contribution is 2.33. The summed E-state index contributed by atoms with van der Waals surface area (Å²) in [5, 5.41) is 8.02. The van der Waals surface area contributed by atoms with E-state index in [1.807, 2.05) is 18.2 Å². The molecule has 3 aromatic carbocycles.